The lowest BCUT2D eigenvalue weighted by Gasteiger charge is -2.14. The summed E-state index contributed by atoms with van der Waals surface area (Å²) in [7, 11) is 1.45. The van der Waals surface area contributed by atoms with Crippen LogP contribution in [-0.4, -0.2) is 46.8 Å². The van der Waals surface area contributed by atoms with Crippen LogP contribution in [0.25, 0.3) is 6.08 Å². The minimum absolute atomic E-state index is 0.0105. The summed E-state index contributed by atoms with van der Waals surface area (Å²) in [5, 5.41) is 13.2. The lowest BCUT2D eigenvalue weighted by molar-refractivity contribution is -0.384. The van der Waals surface area contributed by atoms with Gasteiger partial charge >= 0.3 is 0 Å². The summed E-state index contributed by atoms with van der Waals surface area (Å²) in [6, 6.07) is 16.4. The first-order chi connectivity index (χ1) is 19.2. The van der Waals surface area contributed by atoms with Gasteiger partial charge in [0.05, 0.1) is 28.0 Å². The van der Waals surface area contributed by atoms with Crippen LogP contribution >= 0.6 is 39.5 Å². The Hall–Kier alpha value is -3.81. The number of ether oxygens (including phenoxy) is 2. The van der Waals surface area contributed by atoms with Gasteiger partial charge < -0.3 is 14.8 Å². The standard InChI is InChI=1S/C27H22BrN3O7S2/c1-37-22-11-17(10-21(28)25(22)38-15-24(32)29-18-4-3-5-20(13-18)39-2)12-23-26(33)30(27(34)40-23)14-16-6-8-19(9-7-16)31(35)36/h3-13H,14-15H2,1-2H3,(H,29,32)/b23-12+. The molecular weight excluding hydrogens is 622 g/mol. The Kier molecular flexibility index (Phi) is 9.50. The molecular formula is C27H22BrN3O7S2. The molecule has 1 aliphatic rings. The molecule has 0 radical (unpaired) electrons. The van der Waals surface area contributed by atoms with E-state index in [1.165, 1.54) is 31.4 Å². The van der Waals surface area contributed by atoms with Gasteiger partial charge in [-0.05, 0) is 81.5 Å². The zero-order chi connectivity index (χ0) is 28.8. The fraction of sp³-hybridized carbons (Fsp3) is 0.148. The predicted molar refractivity (Wildman–Crippen MR) is 158 cm³/mol. The Morgan fingerprint density at radius 2 is 1.93 bits per heavy atom. The molecule has 206 valence electrons. The van der Waals surface area contributed by atoms with Crippen LogP contribution in [0.2, 0.25) is 0 Å². The fourth-order valence-corrected chi connectivity index (χ4v) is 5.56. The Labute approximate surface area is 246 Å². The third-order valence-electron chi connectivity index (χ3n) is 5.61. The molecule has 0 aliphatic carbocycles. The number of nitro benzene ring substituents is 1. The van der Waals surface area contributed by atoms with Gasteiger partial charge in [0.25, 0.3) is 22.7 Å². The number of nitrogens with one attached hydrogen (secondary N) is 1. The number of halogens is 1. The lowest BCUT2D eigenvalue weighted by atomic mass is 10.1. The number of amides is 3. The molecule has 0 aromatic heterocycles. The molecule has 3 aromatic carbocycles. The van der Waals surface area contributed by atoms with E-state index in [1.54, 1.807) is 36.0 Å². The van der Waals surface area contributed by atoms with E-state index in [4.69, 9.17) is 9.47 Å². The van der Waals surface area contributed by atoms with E-state index in [0.29, 0.717) is 32.8 Å². The number of hydrogen-bond donors (Lipinski definition) is 1. The van der Waals surface area contributed by atoms with Crippen molar-refractivity contribution in [2.75, 3.05) is 25.3 Å². The highest BCUT2D eigenvalue weighted by atomic mass is 79.9. The lowest BCUT2D eigenvalue weighted by Crippen LogP contribution is -2.27. The van der Waals surface area contributed by atoms with E-state index in [9.17, 15) is 24.5 Å². The topological polar surface area (TPSA) is 128 Å². The zero-order valence-corrected chi connectivity index (χ0v) is 24.4. The Morgan fingerprint density at radius 3 is 2.60 bits per heavy atom. The number of methoxy groups -OCH3 is 1. The van der Waals surface area contributed by atoms with E-state index >= 15 is 0 Å². The largest absolute Gasteiger partial charge is 0.493 e. The van der Waals surface area contributed by atoms with Gasteiger partial charge in [0, 0.05) is 22.7 Å². The second-order valence-corrected chi connectivity index (χ2v) is 11.0. The minimum atomic E-state index is -0.518. The average Bonchev–Trinajstić information content (AvgIpc) is 3.19. The third-order valence-corrected chi connectivity index (χ3v) is 7.83. The van der Waals surface area contributed by atoms with Crippen LogP contribution in [0.4, 0.5) is 16.2 Å². The smallest absolute Gasteiger partial charge is 0.293 e. The van der Waals surface area contributed by atoms with Crippen molar-refractivity contribution in [1.29, 1.82) is 0 Å². The molecule has 1 heterocycles. The van der Waals surface area contributed by atoms with Gasteiger partial charge in [-0.25, -0.2) is 0 Å². The molecule has 0 atom stereocenters. The molecule has 1 aliphatic heterocycles. The van der Waals surface area contributed by atoms with Crippen molar-refractivity contribution in [3.05, 3.63) is 91.3 Å². The van der Waals surface area contributed by atoms with Crippen molar-refractivity contribution in [2.24, 2.45) is 0 Å². The molecule has 0 unspecified atom stereocenters. The third kappa shape index (κ3) is 7.03. The first-order valence-electron chi connectivity index (χ1n) is 11.6. The van der Waals surface area contributed by atoms with Crippen LogP contribution in [0.1, 0.15) is 11.1 Å². The summed E-state index contributed by atoms with van der Waals surface area (Å²) in [5.41, 5.74) is 1.73. The number of hydrogen-bond acceptors (Lipinski definition) is 9. The molecule has 13 heteroatoms. The zero-order valence-electron chi connectivity index (χ0n) is 21.2. The minimum Gasteiger partial charge on any atom is -0.493 e. The number of thioether (sulfide) groups is 2. The van der Waals surface area contributed by atoms with E-state index in [-0.39, 0.29) is 29.7 Å². The fourth-order valence-electron chi connectivity index (χ4n) is 3.69. The maximum atomic E-state index is 13.0. The van der Waals surface area contributed by atoms with Crippen molar-refractivity contribution in [2.45, 2.75) is 11.4 Å². The first kappa shape index (κ1) is 29.2. The monoisotopic (exact) mass is 643 g/mol. The quantitative estimate of drug-likeness (QED) is 0.116. The molecule has 10 nitrogen and oxygen atoms in total. The molecule has 3 amide bonds. The van der Waals surface area contributed by atoms with E-state index < -0.39 is 16.1 Å². The number of non-ortho nitro benzene ring substituents is 1. The van der Waals surface area contributed by atoms with Crippen LogP contribution in [-0.2, 0) is 16.1 Å². The van der Waals surface area contributed by atoms with Gasteiger partial charge in [0.2, 0.25) is 0 Å². The second-order valence-electron chi connectivity index (χ2n) is 8.29. The maximum Gasteiger partial charge on any atom is 0.293 e. The number of carbonyl (C=O) groups is 3. The predicted octanol–water partition coefficient (Wildman–Crippen LogP) is 6.34. The number of rotatable bonds is 10. The molecule has 1 N–H and O–H groups in total. The van der Waals surface area contributed by atoms with Crippen molar-refractivity contribution in [1.82, 2.24) is 4.90 Å². The van der Waals surface area contributed by atoms with Crippen LogP contribution < -0.4 is 14.8 Å². The summed E-state index contributed by atoms with van der Waals surface area (Å²) < 4.78 is 11.7. The molecule has 3 aromatic rings. The van der Waals surface area contributed by atoms with E-state index in [0.717, 1.165) is 21.6 Å². The van der Waals surface area contributed by atoms with Crippen LogP contribution in [0, 0.1) is 10.1 Å². The number of nitrogens with zero attached hydrogens (tertiary/aromatic N) is 2. The van der Waals surface area contributed by atoms with Gasteiger partial charge in [-0.2, -0.15) is 0 Å². The number of imide groups is 1. The molecule has 0 spiro atoms. The van der Waals surface area contributed by atoms with Crippen molar-refractivity contribution in [3.8, 4) is 11.5 Å². The maximum absolute atomic E-state index is 13.0. The number of nitro groups is 1. The summed E-state index contributed by atoms with van der Waals surface area (Å²) in [4.78, 5) is 50.6. The molecule has 1 saturated heterocycles. The van der Waals surface area contributed by atoms with Crippen molar-refractivity contribution in [3.63, 3.8) is 0 Å². The highest BCUT2D eigenvalue weighted by Crippen LogP contribution is 2.39. The molecule has 0 saturated carbocycles. The Bertz CT molecular complexity index is 1510. The summed E-state index contributed by atoms with van der Waals surface area (Å²) >= 11 is 5.80. The van der Waals surface area contributed by atoms with Gasteiger partial charge in [-0.3, -0.25) is 29.4 Å². The highest BCUT2D eigenvalue weighted by molar-refractivity contribution is 9.10. The SMILES string of the molecule is COc1cc(/C=C2/SC(=O)N(Cc3ccc([N+](=O)[O-])cc3)C2=O)cc(Br)c1OCC(=O)Nc1cccc(SC)c1. The normalized spacial score (nSPS) is 14.0. The Morgan fingerprint density at radius 1 is 1.18 bits per heavy atom. The van der Waals surface area contributed by atoms with Gasteiger partial charge in [0.1, 0.15) is 0 Å². The van der Waals surface area contributed by atoms with Crippen LogP contribution in [0.3, 0.4) is 0 Å². The van der Waals surface area contributed by atoms with Crippen LogP contribution in [0.15, 0.2) is 74.9 Å². The Balaban J connectivity index is 1.44. The second kappa shape index (κ2) is 13.0. The summed E-state index contributed by atoms with van der Waals surface area (Å²) in [6.07, 6.45) is 3.51. The average molecular weight is 645 g/mol. The summed E-state index contributed by atoms with van der Waals surface area (Å²) in [5.74, 6) is -0.203. The molecule has 1 fully saturated rings. The molecule has 40 heavy (non-hydrogen) atoms. The van der Waals surface area contributed by atoms with Crippen molar-refractivity contribution >= 4 is 74.0 Å². The van der Waals surface area contributed by atoms with Gasteiger partial charge in [0.15, 0.2) is 18.1 Å². The van der Waals surface area contributed by atoms with E-state index in [1.807, 2.05) is 24.5 Å². The highest BCUT2D eigenvalue weighted by Gasteiger charge is 2.35. The number of benzene rings is 3. The number of anilines is 1. The molecule has 4 rings (SSSR count). The van der Waals surface area contributed by atoms with Gasteiger partial charge in [-0.15, -0.1) is 11.8 Å². The summed E-state index contributed by atoms with van der Waals surface area (Å²) in [6.45, 7) is -0.275. The van der Waals surface area contributed by atoms with Crippen LogP contribution in [0.5, 0.6) is 11.5 Å². The van der Waals surface area contributed by atoms with Crippen molar-refractivity contribution < 1.29 is 28.8 Å². The van der Waals surface area contributed by atoms with E-state index in [2.05, 4.69) is 21.2 Å². The first-order valence-corrected chi connectivity index (χ1v) is 14.4. The molecule has 0 bridgehead atoms. The number of carbonyl (C=O) groups excluding carboxylic acids is 3. The van der Waals surface area contributed by atoms with Gasteiger partial charge in [-0.1, -0.05) is 18.2 Å².